The summed E-state index contributed by atoms with van der Waals surface area (Å²) in [5.74, 6) is 1.13. The molecule has 2 N–H and O–H groups in total. The predicted molar refractivity (Wildman–Crippen MR) is 47.4 cm³/mol. The summed E-state index contributed by atoms with van der Waals surface area (Å²) >= 11 is 5.43. The molecule has 0 saturated carbocycles. The van der Waals surface area contributed by atoms with Crippen molar-refractivity contribution in [1.82, 2.24) is 9.97 Å². The van der Waals surface area contributed by atoms with Gasteiger partial charge in [0.1, 0.15) is 6.61 Å². The molecule has 0 amide bonds. The first-order valence-corrected chi connectivity index (χ1v) is 4.06. The van der Waals surface area contributed by atoms with Crippen molar-refractivity contribution in [3.8, 4) is 5.88 Å². The second kappa shape index (κ2) is 4.11. The molecule has 0 aliphatic rings. The molecule has 1 aromatic heterocycles. The van der Waals surface area contributed by atoms with Gasteiger partial charge in [0.15, 0.2) is 0 Å². The fourth-order valence-electron chi connectivity index (χ4n) is 0.779. The lowest BCUT2D eigenvalue weighted by Crippen LogP contribution is -2.03. The summed E-state index contributed by atoms with van der Waals surface area (Å²) < 4.78 is 5.15. The largest absolute Gasteiger partial charge is 0.476 e. The number of ether oxygens (including phenoxy) is 1. The number of nitrogens with two attached hydrogens (primary N) is 1. The Kier molecular flexibility index (Phi) is 3.10. The Labute approximate surface area is 75.7 Å². The lowest BCUT2D eigenvalue weighted by Gasteiger charge is -2.03. The van der Waals surface area contributed by atoms with Gasteiger partial charge in [0, 0.05) is 11.8 Å². The molecule has 0 atom stereocenters. The molecule has 0 bridgehead atoms. The number of nitrogens with zero attached hydrogens (tertiary/aromatic N) is 2. The van der Waals surface area contributed by atoms with Crippen LogP contribution in [0.15, 0.2) is 6.07 Å². The Balaban J connectivity index is 2.72. The quantitative estimate of drug-likeness (QED) is 0.717. The number of aromatic nitrogens is 2. The zero-order valence-corrected chi connectivity index (χ0v) is 7.51. The maximum atomic E-state index is 5.43. The minimum Gasteiger partial charge on any atom is -0.476 e. The molecule has 66 valence electrons. The standard InChI is InChI=1S/C7H10ClN3O/c1-5-4-6(12-3-2-8)11-7(9)10-5/h4H,2-3H2,1H3,(H2,9,10,11). The average molecular weight is 188 g/mol. The van der Waals surface area contributed by atoms with Gasteiger partial charge in [0.25, 0.3) is 0 Å². The highest BCUT2D eigenvalue weighted by molar-refractivity contribution is 6.17. The Morgan fingerprint density at radius 2 is 2.33 bits per heavy atom. The summed E-state index contributed by atoms with van der Waals surface area (Å²) in [6, 6.07) is 1.71. The van der Waals surface area contributed by atoms with Gasteiger partial charge in [0.05, 0.1) is 5.88 Å². The molecule has 0 spiro atoms. The van der Waals surface area contributed by atoms with E-state index in [2.05, 4.69) is 9.97 Å². The molecule has 0 fully saturated rings. The minimum atomic E-state index is 0.222. The van der Waals surface area contributed by atoms with Gasteiger partial charge in [-0.2, -0.15) is 4.98 Å². The molecule has 0 aromatic carbocycles. The Hall–Kier alpha value is -1.03. The Morgan fingerprint density at radius 1 is 1.58 bits per heavy atom. The van der Waals surface area contributed by atoms with Crippen LogP contribution in [0.5, 0.6) is 5.88 Å². The van der Waals surface area contributed by atoms with Crippen LogP contribution in [0.4, 0.5) is 5.95 Å². The predicted octanol–water partition coefficient (Wildman–Crippen LogP) is 0.985. The van der Waals surface area contributed by atoms with Crippen LogP contribution >= 0.6 is 11.6 Å². The van der Waals surface area contributed by atoms with Crippen LogP contribution in [0.1, 0.15) is 5.69 Å². The van der Waals surface area contributed by atoms with Crippen LogP contribution in [-0.4, -0.2) is 22.5 Å². The van der Waals surface area contributed by atoms with E-state index < -0.39 is 0 Å². The molecule has 0 saturated heterocycles. The number of hydrogen-bond acceptors (Lipinski definition) is 4. The van der Waals surface area contributed by atoms with Gasteiger partial charge in [-0.25, -0.2) is 4.98 Å². The molecule has 0 radical (unpaired) electrons. The van der Waals surface area contributed by atoms with E-state index in [1.807, 2.05) is 6.92 Å². The van der Waals surface area contributed by atoms with Gasteiger partial charge in [-0.1, -0.05) is 0 Å². The molecule has 1 aromatic rings. The molecule has 0 unspecified atom stereocenters. The van der Waals surface area contributed by atoms with Gasteiger partial charge in [-0.15, -0.1) is 11.6 Å². The van der Waals surface area contributed by atoms with Crippen LogP contribution in [0.25, 0.3) is 0 Å². The van der Waals surface area contributed by atoms with Crippen LogP contribution in [0.3, 0.4) is 0 Å². The minimum absolute atomic E-state index is 0.222. The van der Waals surface area contributed by atoms with Gasteiger partial charge in [-0.05, 0) is 6.92 Å². The smallest absolute Gasteiger partial charge is 0.223 e. The van der Waals surface area contributed by atoms with Crippen LogP contribution < -0.4 is 10.5 Å². The van der Waals surface area contributed by atoms with E-state index in [-0.39, 0.29) is 5.95 Å². The van der Waals surface area contributed by atoms with E-state index in [9.17, 15) is 0 Å². The molecule has 4 nitrogen and oxygen atoms in total. The van der Waals surface area contributed by atoms with Crippen molar-refractivity contribution < 1.29 is 4.74 Å². The van der Waals surface area contributed by atoms with Crippen molar-refractivity contribution in [2.45, 2.75) is 6.92 Å². The second-order valence-corrected chi connectivity index (χ2v) is 2.62. The number of anilines is 1. The van der Waals surface area contributed by atoms with E-state index in [4.69, 9.17) is 22.1 Å². The van der Waals surface area contributed by atoms with E-state index >= 15 is 0 Å². The third-order valence-corrected chi connectivity index (χ3v) is 1.33. The molecule has 5 heteroatoms. The first-order valence-electron chi connectivity index (χ1n) is 3.52. The van der Waals surface area contributed by atoms with Crippen molar-refractivity contribution in [2.24, 2.45) is 0 Å². The molecular weight excluding hydrogens is 178 g/mol. The van der Waals surface area contributed by atoms with Gasteiger partial charge in [0.2, 0.25) is 11.8 Å². The monoisotopic (exact) mass is 187 g/mol. The summed E-state index contributed by atoms with van der Waals surface area (Å²) in [7, 11) is 0. The van der Waals surface area contributed by atoms with Gasteiger partial charge in [-0.3, -0.25) is 0 Å². The third kappa shape index (κ3) is 2.54. The third-order valence-electron chi connectivity index (χ3n) is 1.18. The number of alkyl halides is 1. The van der Waals surface area contributed by atoms with Crippen LogP contribution in [0.2, 0.25) is 0 Å². The highest BCUT2D eigenvalue weighted by atomic mass is 35.5. The topological polar surface area (TPSA) is 61.0 Å². The molecular formula is C7H10ClN3O. The van der Waals surface area contributed by atoms with Crippen LogP contribution in [-0.2, 0) is 0 Å². The fraction of sp³-hybridized carbons (Fsp3) is 0.429. The van der Waals surface area contributed by atoms with E-state index in [1.54, 1.807) is 6.07 Å². The first-order chi connectivity index (χ1) is 5.72. The van der Waals surface area contributed by atoms with Crippen molar-refractivity contribution in [3.63, 3.8) is 0 Å². The van der Waals surface area contributed by atoms with Crippen molar-refractivity contribution in [3.05, 3.63) is 11.8 Å². The average Bonchev–Trinajstić information content (AvgIpc) is 1.99. The number of hydrogen-bond donors (Lipinski definition) is 1. The number of nitrogen functional groups attached to an aromatic ring is 1. The lowest BCUT2D eigenvalue weighted by atomic mass is 10.4. The van der Waals surface area contributed by atoms with Crippen molar-refractivity contribution in [2.75, 3.05) is 18.2 Å². The molecule has 1 heterocycles. The Bertz CT molecular complexity index is 247. The molecule has 0 aliphatic heterocycles. The van der Waals surface area contributed by atoms with Crippen LogP contribution in [0, 0.1) is 6.92 Å². The highest BCUT2D eigenvalue weighted by Crippen LogP contribution is 2.09. The summed E-state index contributed by atoms with van der Waals surface area (Å²) in [6.45, 7) is 2.25. The maximum absolute atomic E-state index is 5.43. The zero-order chi connectivity index (χ0) is 8.97. The number of halogens is 1. The normalized spacial score (nSPS) is 9.83. The number of rotatable bonds is 3. The zero-order valence-electron chi connectivity index (χ0n) is 6.75. The van der Waals surface area contributed by atoms with E-state index in [1.165, 1.54) is 0 Å². The molecule has 1 rings (SSSR count). The second-order valence-electron chi connectivity index (χ2n) is 2.24. The summed E-state index contributed by atoms with van der Waals surface area (Å²) in [4.78, 5) is 7.75. The number of aryl methyl sites for hydroxylation is 1. The highest BCUT2D eigenvalue weighted by Gasteiger charge is 1.98. The first kappa shape index (κ1) is 9.06. The van der Waals surface area contributed by atoms with Gasteiger partial charge >= 0.3 is 0 Å². The maximum Gasteiger partial charge on any atom is 0.223 e. The molecule has 0 aliphatic carbocycles. The van der Waals surface area contributed by atoms with E-state index in [0.29, 0.717) is 18.4 Å². The summed E-state index contributed by atoms with van der Waals surface area (Å²) in [6.07, 6.45) is 0. The SMILES string of the molecule is Cc1cc(OCCCl)nc(N)n1. The summed E-state index contributed by atoms with van der Waals surface area (Å²) in [5, 5.41) is 0. The van der Waals surface area contributed by atoms with E-state index in [0.717, 1.165) is 5.69 Å². The Morgan fingerprint density at radius 3 is 2.92 bits per heavy atom. The van der Waals surface area contributed by atoms with Crippen molar-refractivity contribution >= 4 is 17.5 Å². The molecule has 12 heavy (non-hydrogen) atoms. The lowest BCUT2D eigenvalue weighted by molar-refractivity contribution is 0.329. The van der Waals surface area contributed by atoms with Gasteiger partial charge < -0.3 is 10.5 Å². The summed E-state index contributed by atoms with van der Waals surface area (Å²) in [5.41, 5.74) is 6.18. The van der Waals surface area contributed by atoms with Crippen molar-refractivity contribution in [1.29, 1.82) is 0 Å². The fourth-order valence-corrected chi connectivity index (χ4v) is 0.856.